The van der Waals surface area contributed by atoms with Crippen molar-refractivity contribution in [3.8, 4) is 0 Å². The second-order valence-electron chi connectivity index (χ2n) is 8.13. The fourth-order valence-electron chi connectivity index (χ4n) is 5.75. The van der Waals surface area contributed by atoms with Gasteiger partial charge in [0.05, 0.1) is 0 Å². The number of fused-ring (bicyclic) bond motifs is 3. The average Bonchev–Trinajstić information content (AvgIpc) is 2.53. The third-order valence-corrected chi connectivity index (χ3v) is 16.7. The Morgan fingerprint density at radius 1 is 1.00 bits per heavy atom. The van der Waals surface area contributed by atoms with Crippen LogP contribution >= 0.6 is 19.8 Å². The molecule has 0 amide bonds. The zero-order valence-corrected chi connectivity index (χ0v) is 17.6. The van der Waals surface area contributed by atoms with Gasteiger partial charge >= 0.3 is 150 Å². The van der Waals surface area contributed by atoms with Crippen molar-refractivity contribution in [1.82, 2.24) is 0 Å². The van der Waals surface area contributed by atoms with Crippen LogP contribution in [0.15, 0.2) is 0 Å². The number of rotatable bonds is 5. The first-order chi connectivity index (χ1) is 11.0. The molecule has 1 aliphatic carbocycles. The third kappa shape index (κ3) is 3.34. The summed E-state index contributed by atoms with van der Waals surface area (Å²) in [5.41, 5.74) is 0. The molecule has 5 atom stereocenters. The van der Waals surface area contributed by atoms with Gasteiger partial charge < -0.3 is 0 Å². The zero-order valence-electron chi connectivity index (χ0n) is 15.4. The first-order valence-corrected chi connectivity index (χ1v) is 13.0. The summed E-state index contributed by atoms with van der Waals surface area (Å²) in [6.07, 6.45) is 10.1. The van der Waals surface area contributed by atoms with Gasteiger partial charge in [-0.3, -0.25) is 0 Å². The van der Waals surface area contributed by atoms with Crippen molar-refractivity contribution in [1.29, 1.82) is 0 Å². The first-order valence-electron chi connectivity index (χ1n) is 9.30. The normalized spacial score (nSPS) is 45.4. The molecule has 0 N–H and O–H groups in total. The Bertz CT molecular complexity index is 400. The van der Waals surface area contributed by atoms with Gasteiger partial charge in [-0.1, -0.05) is 0 Å². The molecule has 136 valence electrons. The van der Waals surface area contributed by atoms with Crippen molar-refractivity contribution in [2.24, 2.45) is 11.8 Å². The summed E-state index contributed by atoms with van der Waals surface area (Å²) in [4.78, 5) is 0. The van der Waals surface area contributed by atoms with Crippen molar-refractivity contribution in [2.75, 3.05) is 32.0 Å². The Balaban J connectivity index is 1.81. The molecule has 3 aliphatic rings. The number of methoxy groups -OCH3 is 2. The molecule has 3 fully saturated rings. The Morgan fingerprint density at radius 3 is 2.57 bits per heavy atom. The fraction of sp³-hybridized carbons (Fsp3) is 1.00. The Morgan fingerprint density at radius 2 is 1.83 bits per heavy atom. The molecule has 3 rings (SSSR count). The second kappa shape index (κ2) is 7.46. The number of hydrogen-bond donors (Lipinski definition) is 0. The van der Waals surface area contributed by atoms with E-state index in [0.29, 0.717) is 19.7 Å². The van der Waals surface area contributed by atoms with Crippen LogP contribution in [0.2, 0.25) is 0 Å². The van der Waals surface area contributed by atoms with Gasteiger partial charge in [0.1, 0.15) is 0 Å². The van der Waals surface area contributed by atoms with Gasteiger partial charge in [0, 0.05) is 0 Å². The summed E-state index contributed by atoms with van der Waals surface area (Å²) in [7, 11) is 3.64. The third-order valence-electron chi connectivity index (χ3n) is 6.68. The van der Waals surface area contributed by atoms with E-state index < -0.39 is 19.8 Å². The average molecular weight is 438 g/mol. The van der Waals surface area contributed by atoms with Gasteiger partial charge in [-0.05, 0) is 0 Å². The van der Waals surface area contributed by atoms with E-state index >= 15 is 0 Å². The van der Waals surface area contributed by atoms with Crippen molar-refractivity contribution in [3.05, 3.63) is 0 Å². The molecule has 3 nitrogen and oxygen atoms in total. The molecule has 0 radical (unpaired) electrons. The van der Waals surface area contributed by atoms with Crippen LogP contribution in [0.5, 0.6) is 0 Å². The minimum atomic E-state index is -1.07. The van der Waals surface area contributed by atoms with E-state index in [1.165, 1.54) is 49.4 Å². The Labute approximate surface area is 149 Å². The molecule has 0 aromatic rings. The van der Waals surface area contributed by atoms with Gasteiger partial charge in [0.25, 0.3) is 0 Å². The summed E-state index contributed by atoms with van der Waals surface area (Å²) in [5, 5.41) is 0. The topological polar surface area (TPSA) is 27.7 Å². The number of alkyl halides is 3. The number of hydrogen-bond acceptors (Lipinski definition) is 3. The van der Waals surface area contributed by atoms with Crippen molar-refractivity contribution in [2.45, 2.75) is 71.7 Å². The Kier molecular flexibility index (Phi) is 5.97. The molecule has 4 heteroatoms. The van der Waals surface area contributed by atoms with Crippen molar-refractivity contribution < 1.29 is 14.2 Å². The molecular formula is C19H35IO3. The molecule has 1 unspecified atom stereocenters. The maximum atomic E-state index is 6.10. The SMILES string of the molecule is COCO[C@@H]1CCC[C@@H]2C1CCI1[C@](C)(COC)CCC[C@@]21C. The Hall–Kier alpha value is 0.610. The van der Waals surface area contributed by atoms with Crippen molar-refractivity contribution >= 4 is 19.8 Å². The van der Waals surface area contributed by atoms with E-state index in [1.807, 2.05) is 7.11 Å². The fourth-order valence-corrected chi connectivity index (χ4v) is 17.1. The summed E-state index contributed by atoms with van der Waals surface area (Å²) >= 11 is -1.07. The first kappa shape index (κ1) is 18.4. The van der Waals surface area contributed by atoms with Gasteiger partial charge in [0.2, 0.25) is 0 Å². The van der Waals surface area contributed by atoms with E-state index in [1.54, 1.807) is 7.11 Å². The van der Waals surface area contributed by atoms with E-state index in [-0.39, 0.29) is 0 Å². The predicted octanol–water partition coefficient (Wildman–Crippen LogP) is 4.65. The number of halogens is 1. The van der Waals surface area contributed by atoms with Crippen LogP contribution in [0.1, 0.15) is 58.8 Å². The minimum absolute atomic E-state index is 0.444. The molecular weight excluding hydrogens is 403 g/mol. The molecule has 2 aliphatic heterocycles. The van der Waals surface area contributed by atoms with Gasteiger partial charge in [0.15, 0.2) is 0 Å². The summed E-state index contributed by atoms with van der Waals surface area (Å²) in [5.74, 6) is 1.68. The van der Waals surface area contributed by atoms with Crippen LogP contribution in [-0.4, -0.2) is 45.0 Å². The molecule has 0 aromatic heterocycles. The standard InChI is InChI=1S/C19H35IO3/c1-18(13-21-3)10-6-11-19(2)16-7-5-8-17(23-14-22-4)15(16)9-12-20(18)19/h15-17H,5-14H2,1-4H3/t15?,16-,17-,18+,19+/m1/s1. The monoisotopic (exact) mass is 438 g/mol. The van der Waals surface area contributed by atoms with Crippen LogP contribution < -0.4 is 0 Å². The van der Waals surface area contributed by atoms with Crippen molar-refractivity contribution in [3.63, 3.8) is 0 Å². The van der Waals surface area contributed by atoms with E-state index in [9.17, 15) is 0 Å². The predicted molar refractivity (Wildman–Crippen MR) is 104 cm³/mol. The van der Waals surface area contributed by atoms with E-state index in [4.69, 9.17) is 14.2 Å². The maximum absolute atomic E-state index is 6.10. The molecule has 2 heterocycles. The van der Waals surface area contributed by atoms with Crippen LogP contribution in [0, 0.1) is 11.8 Å². The molecule has 2 saturated heterocycles. The van der Waals surface area contributed by atoms with Crippen LogP contribution in [0.25, 0.3) is 0 Å². The quantitative estimate of drug-likeness (QED) is 0.355. The van der Waals surface area contributed by atoms with E-state index in [0.717, 1.165) is 18.4 Å². The molecule has 0 bridgehead atoms. The zero-order chi connectivity index (χ0) is 16.5. The summed E-state index contributed by atoms with van der Waals surface area (Å²) < 4.78 is 19.6. The van der Waals surface area contributed by atoms with Crippen LogP contribution in [0.4, 0.5) is 0 Å². The number of ether oxygens (including phenoxy) is 3. The second-order valence-corrected chi connectivity index (χ2v) is 16.3. The summed E-state index contributed by atoms with van der Waals surface area (Å²) in [6.45, 7) is 6.68. The molecule has 23 heavy (non-hydrogen) atoms. The van der Waals surface area contributed by atoms with E-state index in [2.05, 4.69) is 13.8 Å². The molecule has 0 aromatic carbocycles. The molecule has 0 spiro atoms. The van der Waals surface area contributed by atoms with Gasteiger partial charge in [-0.2, -0.15) is 0 Å². The van der Waals surface area contributed by atoms with Crippen LogP contribution in [0.3, 0.4) is 0 Å². The molecule has 1 saturated carbocycles. The summed E-state index contributed by atoms with van der Waals surface area (Å²) in [6, 6.07) is 0. The van der Waals surface area contributed by atoms with Gasteiger partial charge in [-0.25, -0.2) is 0 Å². The van der Waals surface area contributed by atoms with Crippen LogP contribution in [-0.2, 0) is 14.2 Å². The van der Waals surface area contributed by atoms with Gasteiger partial charge in [-0.15, -0.1) is 0 Å².